The van der Waals surface area contributed by atoms with Gasteiger partial charge in [0.1, 0.15) is 0 Å². The van der Waals surface area contributed by atoms with E-state index in [9.17, 15) is 4.79 Å². The maximum Gasteiger partial charge on any atom is 0.243 e. The Morgan fingerprint density at radius 3 is 2.41 bits per heavy atom. The van der Waals surface area contributed by atoms with E-state index in [-0.39, 0.29) is 12.5 Å². The summed E-state index contributed by atoms with van der Waals surface area (Å²) in [6.07, 6.45) is 0. The van der Waals surface area contributed by atoms with Gasteiger partial charge < -0.3 is 10.6 Å². The molecule has 0 atom stereocenters. The van der Waals surface area contributed by atoms with Crippen LogP contribution < -0.4 is 10.6 Å². The summed E-state index contributed by atoms with van der Waals surface area (Å²) < 4.78 is 0. The summed E-state index contributed by atoms with van der Waals surface area (Å²) in [5.74, 6) is 0.305. The molecule has 5 heteroatoms. The molecule has 0 unspecified atom stereocenters. The van der Waals surface area contributed by atoms with Crippen LogP contribution >= 0.6 is 23.2 Å². The summed E-state index contributed by atoms with van der Waals surface area (Å²) in [5.41, 5.74) is 2.67. The number of hydrogen-bond acceptors (Lipinski definition) is 2. The fourth-order valence-corrected chi connectivity index (χ4v) is 2.29. The van der Waals surface area contributed by atoms with Crippen LogP contribution in [-0.2, 0) is 4.79 Å². The number of halogens is 2. The highest BCUT2D eigenvalue weighted by molar-refractivity contribution is 6.35. The maximum atomic E-state index is 11.9. The third-order valence-electron chi connectivity index (χ3n) is 3.23. The Morgan fingerprint density at radius 1 is 1.09 bits per heavy atom. The van der Waals surface area contributed by atoms with Gasteiger partial charge in [-0.3, -0.25) is 4.79 Å². The molecule has 22 heavy (non-hydrogen) atoms. The zero-order valence-corrected chi connectivity index (χ0v) is 14.0. The molecule has 116 valence electrons. The second-order valence-electron chi connectivity index (χ2n) is 5.30. The zero-order chi connectivity index (χ0) is 16.1. The van der Waals surface area contributed by atoms with Crippen molar-refractivity contribution in [2.75, 3.05) is 17.2 Å². The van der Waals surface area contributed by atoms with Crippen molar-refractivity contribution in [2.45, 2.75) is 19.8 Å². The minimum atomic E-state index is -0.183. The van der Waals surface area contributed by atoms with E-state index in [1.165, 1.54) is 5.56 Å². The normalized spacial score (nSPS) is 10.6. The van der Waals surface area contributed by atoms with Gasteiger partial charge in [0.05, 0.1) is 17.3 Å². The monoisotopic (exact) mass is 336 g/mol. The van der Waals surface area contributed by atoms with Gasteiger partial charge in [0.25, 0.3) is 0 Å². The number of rotatable bonds is 5. The largest absolute Gasteiger partial charge is 0.376 e. The topological polar surface area (TPSA) is 41.1 Å². The third-order valence-corrected chi connectivity index (χ3v) is 3.80. The highest BCUT2D eigenvalue weighted by atomic mass is 35.5. The molecule has 0 bridgehead atoms. The number of anilines is 2. The molecule has 0 fully saturated rings. The van der Waals surface area contributed by atoms with Gasteiger partial charge in [0.15, 0.2) is 0 Å². The lowest BCUT2D eigenvalue weighted by atomic mass is 10.0. The fraction of sp³-hybridized carbons (Fsp3) is 0.235. The first-order chi connectivity index (χ1) is 10.5. The van der Waals surface area contributed by atoms with E-state index >= 15 is 0 Å². The molecule has 2 rings (SSSR count). The van der Waals surface area contributed by atoms with Crippen LogP contribution in [0.3, 0.4) is 0 Å². The Balaban J connectivity index is 1.91. The molecule has 3 nitrogen and oxygen atoms in total. The minimum absolute atomic E-state index is 0.157. The van der Waals surface area contributed by atoms with Crippen LogP contribution in [0.2, 0.25) is 10.0 Å². The minimum Gasteiger partial charge on any atom is -0.376 e. The Labute approximate surface area is 140 Å². The van der Waals surface area contributed by atoms with Crippen molar-refractivity contribution >= 4 is 40.5 Å². The van der Waals surface area contributed by atoms with Gasteiger partial charge >= 0.3 is 0 Å². The SMILES string of the molecule is CC(C)c1ccc(NCC(=O)Nc2cc(Cl)ccc2Cl)cc1. The average Bonchev–Trinajstić information content (AvgIpc) is 2.49. The van der Waals surface area contributed by atoms with Crippen LogP contribution in [0.4, 0.5) is 11.4 Å². The van der Waals surface area contributed by atoms with E-state index < -0.39 is 0 Å². The van der Waals surface area contributed by atoms with Crippen molar-refractivity contribution < 1.29 is 4.79 Å². The molecule has 0 radical (unpaired) electrons. The lowest BCUT2D eigenvalue weighted by molar-refractivity contribution is -0.114. The summed E-state index contributed by atoms with van der Waals surface area (Å²) in [5, 5.41) is 6.79. The first kappa shape index (κ1) is 16.7. The highest BCUT2D eigenvalue weighted by Crippen LogP contribution is 2.25. The average molecular weight is 337 g/mol. The van der Waals surface area contributed by atoms with Crippen molar-refractivity contribution in [1.82, 2.24) is 0 Å². The number of carbonyl (C=O) groups is 1. The summed E-state index contributed by atoms with van der Waals surface area (Å²) in [6.45, 7) is 4.44. The summed E-state index contributed by atoms with van der Waals surface area (Å²) >= 11 is 11.9. The van der Waals surface area contributed by atoms with Crippen LogP contribution in [0, 0.1) is 0 Å². The molecule has 0 saturated carbocycles. The second kappa shape index (κ2) is 7.52. The summed E-state index contributed by atoms with van der Waals surface area (Å²) in [6, 6.07) is 13.0. The molecular formula is C17H18Cl2N2O. The van der Waals surface area contributed by atoms with Gasteiger partial charge in [-0.15, -0.1) is 0 Å². The lowest BCUT2D eigenvalue weighted by Crippen LogP contribution is -2.21. The van der Waals surface area contributed by atoms with Crippen LogP contribution in [-0.4, -0.2) is 12.5 Å². The van der Waals surface area contributed by atoms with E-state index in [0.717, 1.165) is 5.69 Å². The number of nitrogens with one attached hydrogen (secondary N) is 2. The number of amides is 1. The second-order valence-corrected chi connectivity index (χ2v) is 6.15. The first-order valence-corrected chi connectivity index (χ1v) is 7.80. The molecule has 1 amide bonds. The van der Waals surface area contributed by atoms with Gasteiger partial charge in [-0.25, -0.2) is 0 Å². The first-order valence-electron chi connectivity index (χ1n) is 7.04. The van der Waals surface area contributed by atoms with Crippen LogP contribution in [0.5, 0.6) is 0 Å². The zero-order valence-electron chi connectivity index (χ0n) is 12.5. The fourth-order valence-electron chi connectivity index (χ4n) is 1.96. The standard InChI is InChI=1S/C17H18Cl2N2O/c1-11(2)12-3-6-14(7-4-12)20-10-17(22)21-16-9-13(18)5-8-15(16)19/h3-9,11,20H,10H2,1-2H3,(H,21,22). The molecule has 0 aliphatic rings. The van der Waals surface area contributed by atoms with E-state index in [2.05, 4.69) is 36.6 Å². The van der Waals surface area contributed by atoms with Crippen molar-refractivity contribution in [3.05, 3.63) is 58.1 Å². The van der Waals surface area contributed by atoms with Gasteiger partial charge in [0.2, 0.25) is 5.91 Å². The van der Waals surface area contributed by atoms with E-state index in [1.807, 2.05) is 12.1 Å². The van der Waals surface area contributed by atoms with E-state index in [4.69, 9.17) is 23.2 Å². The van der Waals surface area contributed by atoms with E-state index in [1.54, 1.807) is 18.2 Å². The molecule has 2 aromatic carbocycles. The third kappa shape index (κ3) is 4.65. The lowest BCUT2D eigenvalue weighted by Gasteiger charge is -2.10. The molecular weight excluding hydrogens is 319 g/mol. The van der Waals surface area contributed by atoms with Crippen LogP contribution in [0.25, 0.3) is 0 Å². The predicted molar refractivity (Wildman–Crippen MR) is 94.1 cm³/mol. The van der Waals surface area contributed by atoms with Gasteiger partial charge in [0, 0.05) is 10.7 Å². The summed E-state index contributed by atoms with van der Waals surface area (Å²) in [7, 11) is 0. The predicted octanol–water partition coefficient (Wildman–Crippen LogP) is 5.17. The van der Waals surface area contributed by atoms with Crippen molar-refractivity contribution in [1.29, 1.82) is 0 Å². The molecule has 0 aromatic heterocycles. The molecule has 0 saturated heterocycles. The maximum absolute atomic E-state index is 11.9. The van der Waals surface area contributed by atoms with Crippen LogP contribution in [0.1, 0.15) is 25.3 Å². The van der Waals surface area contributed by atoms with Crippen molar-refractivity contribution in [3.8, 4) is 0 Å². The Kier molecular flexibility index (Phi) is 5.69. The van der Waals surface area contributed by atoms with Gasteiger partial charge in [-0.05, 0) is 41.8 Å². The number of carbonyl (C=O) groups excluding carboxylic acids is 1. The number of benzene rings is 2. The van der Waals surface area contributed by atoms with Crippen LogP contribution in [0.15, 0.2) is 42.5 Å². The Morgan fingerprint density at radius 2 is 1.77 bits per heavy atom. The molecule has 0 heterocycles. The molecule has 2 N–H and O–H groups in total. The highest BCUT2D eigenvalue weighted by Gasteiger charge is 2.07. The van der Waals surface area contributed by atoms with Crippen molar-refractivity contribution in [3.63, 3.8) is 0 Å². The quantitative estimate of drug-likeness (QED) is 0.790. The molecule has 0 aliphatic heterocycles. The van der Waals surface area contributed by atoms with E-state index in [0.29, 0.717) is 21.7 Å². The Hall–Kier alpha value is -1.71. The smallest absolute Gasteiger partial charge is 0.243 e. The molecule has 0 spiro atoms. The van der Waals surface area contributed by atoms with Crippen molar-refractivity contribution in [2.24, 2.45) is 0 Å². The Bertz CT molecular complexity index is 654. The number of hydrogen-bond donors (Lipinski definition) is 2. The van der Waals surface area contributed by atoms with Gasteiger partial charge in [-0.2, -0.15) is 0 Å². The summed E-state index contributed by atoms with van der Waals surface area (Å²) in [4.78, 5) is 11.9. The van der Waals surface area contributed by atoms with Gasteiger partial charge in [-0.1, -0.05) is 49.2 Å². The molecule has 2 aromatic rings. The molecule has 0 aliphatic carbocycles.